The lowest BCUT2D eigenvalue weighted by Gasteiger charge is -2.10. The van der Waals surface area contributed by atoms with Crippen LogP contribution in [0.4, 0.5) is 0 Å². The van der Waals surface area contributed by atoms with Gasteiger partial charge in [-0.1, -0.05) is 103 Å². The fraction of sp³-hybridized carbons (Fsp3) is 0. The summed E-state index contributed by atoms with van der Waals surface area (Å²) >= 11 is 0. The minimum Gasteiger partial charge on any atom is -0.456 e. The molecule has 6 heteroatoms. The number of para-hydroxylation sites is 1. The van der Waals surface area contributed by atoms with Crippen LogP contribution in [-0.4, -0.2) is 19.9 Å². The Hall–Kier alpha value is -6.66. The van der Waals surface area contributed by atoms with Crippen LogP contribution in [0.3, 0.4) is 0 Å². The van der Waals surface area contributed by atoms with Crippen LogP contribution in [0.5, 0.6) is 0 Å². The highest BCUT2D eigenvalue weighted by molar-refractivity contribution is 6.18. The van der Waals surface area contributed by atoms with Crippen LogP contribution in [0.2, 0.25) is 0 Å². The first-order valence-corrected chi connectivity index (χ1v) is 15.8. The topological polar surface area (TPSA) is 77.8 Å². The molecule has 0 aliphatic carbocycles. The lowest BCUT2D eigenvalue weighted by atomic mass is 9.99. The number of fused-ring (bicyclic) bond motifs is 8. The summed E-state index contributed by atoms with van der Waals surface area (Å²) in [6, 6.07) is 49.0. The lowest BCUT2D eigenvalue weighted by Crippen LogP contribution is -2.00. The van der Waals surface area contributed by atoms with Gasteiger partial charge in [0.05, 0.1) is 0 Å². The minimum absolute atomic E-state index is 0.573. The lowest BCUT2D eigenvalue weighted by molar-refractivity contribution is 0.623. The maximum Gasteiger partial charge on any atom is 0.227 e. The van der Waals surface area contributed by atoms with Crippen molar-refractivity contribution in [2.45, 2.75) is 0 Å². The number of oxazole rings is 1. The van der Waals surface area contributed by atoms with Crippen molar-refractivity contribution in [2.75, 3.05) is 0 Å². The van der Waals surface area contributed by atoms with E-state index < -0.39 is 0 Å². The molecule has 0 aliphatic heterocycles. The first kappa shape index (κ1) is 26.5. The van der Waals surface area contributed by atoms with Gasteiger partial charge in [-0.25, -0.2) is 19.9 Å². The average Bonchev–Trinajstić information content (AvgIpc) is 3.77. The van der Waals surface area contributed by atoms with Gasteiger partial charge in [-0.3, -0.25) is 0 Å². The third-order valence-corrected chi connectivity index (χ3v) is 8.94. The molecule has 0 fully saturated rings. The molecule has 0 aliphatic rings. The van der Waals surface area contributed by atoms with Crippen molar-refractivity contribution in [2.24, 2.45) is 0 Å². The van der Waals surface area contributed by atoms with E-state index in [1.807, 2.05) is 91.0 Å². The molecule has 0 spiro atoms. The van der Waals surface area contributed by atoms with Gasteiger partial charge in [0.15, 0.2) is 23.1 Å². The third kappa shape index (κ3) is 4.27. The first-order valence-electron chi connectivity index (χ1n) is 15.8. The predicted octanol–water partition coefficient (Wildman–Crippen LogP) is 10.9. The van der Waals surface area contributed by atoms with Gasteiger partial charge in [0, 0.05) is 38.4 Å². The van der Waals surface area contributed by atoms with E-state index in [4.69, 9.17) is 28.8 Å². The predicted molar refractivity (Wildman–Crippen MR) is 191 cm³/mol. The van der Waals surface area contributed by atoms with Gasteiger partial charge in [-0.05, 0) is 58.6 Å². The van der Waals surface area contributed by atoms with E-state index in [-0.39, 0.29) is 0 Å². The fourth-order valence-electron chi connectivity index (χ4n) is 6.58. The number of aromatic nitrogens is 4. The number of benzene rings is 7. The first-order chi connectivity index (χ1) is 23.7. The maximum absolute atomic E-state index is 6.47. The SMILES string of the molecule is c1ccc(-c2nc(-c3ccc4c(c3)oc3ccccc34)nc(-c3ccc4ccc5ccc6nc(-c7ccccc7)oc6c5c4c3)n2)cc1. The summed E-state index contributed by atoms with van der Waals surface area (Å²) in [5.74, 6) is 2.35. The summed E-state index contributed by atoms with van der Waals surface area (Å²) in [5, 5.41) is 6.35. The number of nitrogens with zero attached hydrogens (tertiary/aromatic N) is 4. The fourth-order valence-corrected chi connectivity index (χ4v) is 6.58. The summed E-state index contributed by atoms with van der Waals surface area (Å²) in [7, 11) is 0. The van der Waals surface area contributed by atoms with Crippen molar-refractivity contribution in [3.63, 3.8) is 0 Å². The molecule has 0 radical (unpaired) electrons. The Bertz CT molecular complexity index is 2840. The Labute approximate surface area is 274 Å². The summed E-state index contributed by atoms with van der Waals surface area (Å²) in [5.41, 5.74) is 6.80. The van der Waals surface area contributed by atoms with Crippen LogP contribution in [0, 0.1) is 0 Å². The molecule has 6 nitrogen and oxygen atoms in total. The van der Waals surface area contributed by atoms with Crippen molar-refractivity contribution in [1.82, 2.24) is 19.9 Å². The largest absolute Gasteiger partial charge is 0.456 e. The maximum atomic E-state index is 6.47. The molecule has 0 amide bonds. The summed E-state index contributed by atoms with van der Waals surface area (Å²) in [4.78, 5) is 19.9. The molecular weight excluding hydrogens is 592 g/mol. The van der Waals surface area contributed by atoms with Crippen LogP contribution < -0.4 is 0 Å². The highest BCUT2D eigenvalue weighted by atomic mass is 16.3. The number of rotatable bonds is 4. The molecule has 3 aromatic heterocycles. The molecule has 0 saturated carbocycles. The molecule has 0 atom stereocenters. The Morgan fingerprint density at radius 3 is 1.79 bits per heavy atom. The van der Waals surface area contributed by atoms with Crippen molar-refractivity contribution in [3.8, 4) is 45.6 Å². The molecule has 10 rings (SSSR count). The van der Waals surface area contributed by atoms with Crippen LogP contribution in [0.1, 0.15) is 0 Å². The molecule has 0 N–H and O–H groups in total. The zero-order valence-electron chi connectivity index (χ0n) is 25.5. The molecular formula is C42H24N4O2. The van der Waals surface area contributed by atoms with Crippen LogP contribution in [-0.2, 0) is 0 Å². The van der Waals surface area contributed by atoms with E-state index in [9.17, 15) is 0 Å². The minimum atomic E-state index is 0.573. The highest BCUT2D eigenvalue weighted by Gasteiger charge is 2.17. The summed E-state index contributed by atoms with van der Waals surface area (Å²) in [6.07, 6.45) is 0. The van der Waals surface area contributed by atoms with Crippen LogP contribution in [0.15, 0.2) is 154 Å². The van der Waals surface area contributed by atoms with Crippen LogP contribution >= 0.6 is 0 Å². The van der Waals surface area contributed by atoms with E-state index in [0.29, 0.717) is 23.4 Å². The zero-order valence-corrected chi connectivity index (χ0v) is 25.5. The number of hydrogen-bond acceptors (Lipinski definition) is 6. The second-order valence-corrected chi connectivity index (χ2v) is 11.9. The number of furan rings is 1. The van der Waals surface area contributed by atoms with Crippen molar-refractivity contribution < 1.29 is 8.83 Å². The molecule has 0 saturated heterocycles. The van der Waals surface area contributed by atoms with Crippen molar-refractivity contribution in [3.05, 3.63) is 146 Å². The Kier molecular flexibility index (Phi) is 5.77. The van der Waals surface area contributed by atoms with Gasteiger partial charge < -0.3 is 8.83 Å². The third-order valence-electron chi connectivity index (χ3n) is 8.94. The van der Waals surface area contributed by atoms with Gasteiger partial charge in [0.1, 0.15) is 16.7 Å². The van der Waals surface area contributed by atoms with Gasteiger partial charge in [0.2, 0.25) is 5.89 Å². The smallest absolute Gasteiger partial charge is 0.227 e. The van der Waals surface area contributed by atoms with E-state index in [0.717, 1.165) is 76.8 Å². The summed E-state index contributed by atoms with van der Waals surface area (Å²) < 4.78 is 12.7. The van der Waals surface area contributed by atoms with E-state index in [1.165, 1.54) is 0 Å². The molecule has 224 valence electrons. The van der Waals surface area contributed by atoms with E-state index in [2.05, 4.69) is 54.6 Å². The van der Waals surface area contributed by atoms with Gasteiger partial charge in [-0.15, -0.1) is 0 Å². The number of hydrogen-bond donors (Lipinski definition) is 0. The molecule has 48 heavy (non-hydrogen) atoms. The van der Waals surface area contributed by atoms with Crippen molar-refractivity contribution >= 4 is 54.6 Å². The van der Waals surface area contributed by atoms with Gasteiger partial charge >= 0.3 is 0 Å². The zero-order chi connectivity index (χ0) is 31.6. The van der Waals surface area contributed by atoms with E-state index >= 15 is 0 Å². The normalized spacial score (nSPS) is 11.8. The second kappa shape index (κ2) is 10.4. The quantitative estimate of drug-likeness (QED) is 0.183. The van der Waals surface area contributed by atoms with E-state index in [1.54, 1.807) is 0 Å². The van der Waals surface area contributed by atoms with Crippen LogP contribution in [0.25, 0.3) is 100 Å². The highest BCUT2D eigenvalue weighted by Crippen LogP contribution is 2.37. The molecule has 0 unspecified atom stereocenters. The Balaban J connectivity index is 1.18. The summed E-state index contributed by atoms with van der Waals surface area (Å²) in [6.45, 7) is 0. The van der Waals surface area contributed by atoms with Gasteiger partial charge in [0.25, 0.3) is 0 Å². The molecule has 3 heterocycles. The molecule has 7 aromatic carbocycles. The average molecular weight is 617 g/mol. The monoisotopic (exact) mass is 616 g/mol. The second-order valence-electron chi connectivity index (χ2n) is 11.9. The Morgan fingerprint density at radius 2 is 0.979 bits per heavy atom. The molecule has 10 aromatic rings. The van der Waals surface area contributed by atoms with Crippen molar-refractivity contribution in [1.29, 1.82) is 0 Å². The standard InChI is InChI=1S/C42H24N4O2/c1-3-9-27(10-4-1)39-44-40(46-41(45-39)30-19-21-32-31-13-7-8-14-35(31)47-36(32)24-30)29-18-16-25-15-17-26-20-22-34-38(37(26)33(25)23-29)48-42(43-34)28-11-5-2-6-12-28/h1-24H. The molecule has 0 bridgehead atoms. The van der Waals surface area contributed by atoms with Gasteiger partial charge in [-0.2, -0.15) is 0 Å². The Morgan fingerprint density at radius 1 is 0.375 bits per heavy atom.